The van der Waals surface area contributed by atoms with Gasteiger partial charge in [-0.3, -0.25) is 9.59 Å². The molecule has 1 aliphatic rings. The summed E-state index contributed by atoms with van der Waals surface area (Å²) < 4.78 is 13.1. The Morgan fingerprint density at radius 2 is 2.05 bits per heavy atom. The second-order valence-electron chi connectivity index (χ2n) is 5.70. The fourth-order valence-corrected chi connectivity index (χ4v) is 2.56. The van der Waals surface area contributed by atoms with Crippen LogP contribution in [0.4, 0.5) is 4.39 Å². The second-order valence-corrected chi connectivity index (χ2v) is 5.70. The first kappa shape index (κ1) is 15.6. The van der Waals surface area contributed by atoms with Crippen molar-refractivity contribution in [2.45, 2.75) is 32.2 Å². The van der Waals surface area contributed by atoms with Gasteiger partial charge in [-0.15, -0.1) is 0 Å². The third-order valence-electron chi connectivity index (χ3n) is 3.93. The highest BCUT2D eigenvalue weighted by molar-refractivity contribution is 5.99. The molecule has 21 heavy (non-hydrogen) atoms. The summed E-state index contributed by atoms with van der Waals surface area (Å²) in [6.45, 7) is 3.02. The molecule has 0 bridgehead atoms. The zero-order chi connectivity index (χ0) is 15.4. The topological polar surface area (TPSA) is 63.4 Å². The van der Waals surface area contributed by atoms with Crippen molar-refractivity contribution in [2.75, 3.05) is 13.1 Å². The van der Waals surface area contributed by atoms with Crippen molar-refractivity contribution in [3.8, 4) is 0 Å². The molecule has 5 heteroatoms. The molecule has 1 unspecified atom stereocenters. The molecule has 0 radical (unpaired) electrons. The van der Waals surface area contributed by atoms with Gasteiger partial charge in [0.15, 0.2) is 5.78 Å². The predicted octanol–water partition coefficient (Wildman–Crippen LogP) is 1.98. The molecule has 0 spiro atoms. The van der Waals surface area contributed by atoms with Crippen molar-refractivity contribution in [2.24, 2.45) is 11.7 Å². The van der Waals surface area contributed by atoms with Crippen LogP contribution < -0.4 is 5.73 Å². The van der Waals surface area contributed by atoms with Gasteiger partial charge in [0.25, 0.3) is 0 Å². The number of nitrogens with zero attached hydrogens (tertiary/aromatic N) is 1. The summed E-state index contributed by atoms with van der Waals surface area (Å²) in [6, 6.07) is 5.75. The van der Waals surface area contributed by atoms with E-state index < -0.39 is 11.7 Å². The van der Waals surface area contributed by atoms with Crippen molar-refractivity contribution in [3.63, 3.8) is 0 Å². The summed E-state index contributed by atoms with van der Waals surface area (Å²) in [4.78, 5) is 26.1. The van der Waals surface area contributed by atoms with Gasteiger partial charge in [0.05, 0.1) is 0 Å². The molecule has 1 saturated heterocycles. The molecule has 2 rings (SSSR count). The van der Waals surface area contributed by atoms with Crippen LogP contribution in [0, 0.1) is 11.7 Å². The highest BCUT2D eigenvalue weighted by atomic mass is 19.1. The van der Waals surface area contributed by atoms with Gasteiger partial charge in [-0.05, 0) is 25.0 Å². The predicted molar refractivity (Wildman–Crippen MR) is 78.3 cm³/mol. The van der Waals surface area contributed by atoms with Gasteiger partial charge in [0.1, 0.15) is 5.82 Å². The first-order chi connectivity index (χ1) is 9.97. The summed E-state index contributed by atoms with van der Waals surface area (Å²) in [7, 11) is 0. The van der Waals surface area contributed by atoms with Gasteiger partial charge < -0.3 is 10.6 Å². The number of hydrogen-bond donors (Lipinski definition) is 1. The van der Waals surface area contributed by atoms with Crippen molar-refractivity contribution >= 4 is 11.7 Å². The number of halogens is 1. The Kier molecular flexibility index (Phi) is 5.07. The molecule has 2 N–H and O–H groups in total. The van der Waals surface area contributed by atoms with Crippen LogP contribution >= 0.6 is 0 Å². The SMILES string of the molecule is CC(CC(=O)N1CCC(N)CC1)C(=O)c1cccc(F)c1. The number of nitrogens with two attached hydrogens (primary N) is 1. The Morgan fingerprint density at radius 3 is 2.67 bits per heavy atom. The van der Waals surface area contributed by atoms with E-state index in [4.69, 9.17) is 5.73 Å². The molecule has 1 aliphatic heterocycles. The van der Waals surface area contributed by atoms with Crippen LogP contribution in [0.25, 0.3) is 0 Å². The van der Waals surface area contributed by atoms with Gasteiger partial charge in [-0.1, -0.05) is 19.1 Å². The number of likely N-dealkylation sites (tertiary alicyclic amines) is 1. The monoisotopic (exact) mass is 292 g/mol. The zero-order valence-corrected chi connectivity index (χ0v) is 12.2. The molecule has 114 valence electrons. The quantitative estimate of drug-likeness (QED) is 0.863. The lowest BCUT2D eigenvalue weighted by molar-refractivity contribution is -0.132. The van der Waals surface area contributed by atoms with E-state index in [0.29, 0.717) is 18.7 Å². The van der Waals surface area contributed by atoms with Gasteiger partial charge in [-0.25, -0.2) is 4.39 Å². The summed E-state index contributed by atoms with van der Waals surface area (Å²) in [5.41, 5.74) is 6.12. The number of piperidine rings is 1. The summed E-state index contributed by atoms with van der Waals surface area (Å²) in [5, 5.41) is 0. The average molecular weight is 292 g/mol. The molecule has 0 aliphatic carbocycles. The largest absolute Gasteiger partial charge is 0.343 e. The molecule has 1 fully saturated rings. The normalized spacial score (nSPS) is 17.6. The number of amides is 1. The maximum atomic E-state index is 13.1. The molecular weight excluding hydrogens is 271 g/mol. The lowest BCUT2D eigenvalue weighted by atomic mass is 9.95. The molecule has 1 heterocycles. The van der Waals surface area contributed by atoms with Crippen LogP contribution in [0.1, 0.15) is 36.5 Å². The molecular formula is C16H21FN2O2. The molecule has 1 aromatic rings. The van der Waals surface area contributed by atoms with E-state index in [1.807, 2.05) is 0 Å². The van der Waals surface area contributed by atoms with Crippen molar-refractivity contribution < 1.29 is 14.0 Å². The van der Waals surface area contributed by atoms with E-state index >= 15 is 0 Å². The van der Waals surface area contributed by atoms with E-state index in [-0.39, 0.29) is 24.2 Å². The smallest absolute Gasteiger partial charge is 0.223 e. The number of ketones is 1. The third kappa shape index (κ3) is 4.11. The molecule has 1 aromatic carbocycles. The van der Waals surface area contributed by atoms with Crippen LogP contribution in [-0.2, 0) is 4.79 Å². The van der Waals surface area contributed by atoms with Crippen molar-refractivity contribution in [3.05, 3.63) is 35.6 Å². The highest BCUT2D eigenvalue weighted by Gasteiger charge is 2.25. The lowest BCUT2D eigenvalue weighted by Gasteiger charge is -2.30. The Labute approximate surface area is 124 Å². The molecule has 0 saturated carbocycles. The molecule has 1 atom stereocenters. The maximum Gasteiger partial charge on any atom is 0.223 e. The number of Topliss-reactive ketones (excluding diaryl/α,β-unsaturated/α-hetero) is 1. The van der Waals surface area contributed by atoms with Crippen molar-refractivity contribution in [1.82, 2.24) is 4.90 Å². The zero-order valence-electron chi connectivity index (χ0n) is 12.2. The van der Waals surface area contributed by atoms with E-state index in [0.717, 1.165) is 12.8 Å². The van der Waals surface area contributed by atoms with Gasteiger partial charge in [0.2, 0.25) is 5.91 Å². The minimum Gasteiger partial charge on any atom is -0.343 e. The first-order valence-corrected chi connectivity index (χ1v) is 7.30. The molecule has 0 aromatic heterocycles. The average Bonchev–Trinajstić information content (AvgIpc) is 2.47. The van der Waals surface area contributed by atoms with E-state index in [2.05, 4.69) is 0 Å². The Morgan fingerprint density at radius 1 is 1.38 bits per heavy atom. The van der Waals surface area contributed by atoms with Crippen LogP contribution in [0.3, 0.4) is 0 Å². The lowest BCUT2D eigenvalue weighted by Crippen LogP contribution is -2.43. The maximum absolute atomic E-state index is 13.1. The standard InChI is InChI=1S/C16H21FN2O2/c1-11(16(21)12-3-2-4-13(17)10-12)9-15(20)19-7-5-14(18)6-8-19/h2-4,10-11,14H,5-9,18H2,1H3. The Bertz CT molecular complexity index is 525. The minimum absolute atomic E-state index is 0.0286. The van der Waals surface area contributed by atoms with Crippen LogP contribution in [0.15, 0.2) is 24.3 Å². The summed E-state index contributed by atoms with van der Waals surface area (Å²) in [6.07, 6.45) is 1.76. The van der Waals surface area contributed by atoms with E-state index in [9.17, 15) is 14.0 Å². The summed E-state index contributed by atoms with van der Waals surface area (Å²) >= 11 is 0. The number of rotatable bonds is 4. The van der Waals surface area contributed by atoms with Crippen LogP contribution in [0.5, 0.6) is 0 Å². The fraction of sp³-hybridized carbons (Fsp3) is 0.500. The number of carbonyl (C=O) groups excluding carboxylic acids is 2. The molecule has 1 amide bonds. The van der Waals surface area contributed by atoms with E-state index in [1.54, 1.807) is 17.9 Å². The fourth-order valence-electron chi connectivity index (χ4n) is 2.56. The molecule has 4 nitrogen and oxygen atoms in total. The van der Waals surface area contributed by atoms with Gasteiger partial charge in [-0.2, -0.15) is 0 Å². The van der Waals surface area contributed by atoms with Crippen molar-refractivity contribution in [1.29, 1.82) is 0 Å². The Hall–Kier alpha value is -1.75. The van der Waals surface area contributed by atoms with Gasteiger partial charge >= 0.3 is 0 Å². The Balaban J connectivity index is 1.93. The number of hydrogen-bond acceptors (Lipinski definition) is 3. The van der Waals surface area contributed by atoms with E-state index in [1.165, 1.54) is 18.2 Å². The first-order valence-electron chi connectivity index (χ1n) is 7.30. The number of benzene rings is 1. The third-order valence-corrected chi connectivity index (χ3v) is 3.93. The minimum atomic E-state index is -0.449. The summed E-state index contributed by atoms with van der Waals surface area (Å²) in [5.74, 6) is -1.12. The van der Waals surface area contributed by atoms with Gasteiger partial charge in [0, 0.05) is 37.0 Å². The number of carbonyl (C=O) groups is 2. The second kappa shape index (κ2) is 6.80. The highest BCUT2D eigenvalue weighted by Crippen LogP contribution is 2.16. The van der Waals surface area contributed by atoms with Crippen LogP contribution in [0.2, 0.25) is 0 Å². The van der Waals surface area contributed by atoms with Crippen LogP contribution in [-0.4, -0.2) is 35.7 Å².